The molecule has 0 bridgehead atoms. The highest BCUT2D eigenvalue weighted by Crippen LogP contribution is 2.34. The number of carbonyl (C=O) groups is 1. The number of aromatic carboxylic acids is 1. The summed E-state index contributed by atoms with van der Waals surface area (Å²) >= 11 is 2.71. The molecule has 3 aromatic carbocycles. The van der Waals surface area contributed by atoms with E-state index >= 15 is 0 Å². The van der Waals surface area contributed by atoms with Crippen LogP contribution in [0.1, 0.15) is 10.4 Å². The van der Waals surface area contributed by atoms with Crippen LogP contribution in [-0.4, -0.2) is 36.3 Å². The van der Waals surface area contributed by atoms with Crippen molar-refractivity contribution < 1.29 is 14.6 Å². The summed E-state index contributed by atoms with van der Waals surface area (Å²) in [4.78, 5) is 15.7. The van der Waals surface area contributed by atoms with Gasteiger partial charge in [0.25, 0.3) is 0 Å². The summed E-state index contributed by atoms with van der Waals surface area (Å²) in [7, 11) is 0. The van der Waals surface area contributed by atoms with Gasteiger partial charge in [0.05, 0.1) is 21.5 Å². The van der Waals surface area contributed by atoms with E-state index in [1.54, 1.807) is 22.9 Å². The minimum atomic E-state index is -0.965. The van der Waals surface area contributed by atoms with Crippen molar-refractivity contribution in [2.24, 2.45) is 0 Å². The Balaban J connectivity index is 1.37. The Labute approximate surface area is 184 Å². The number of hydrogen-bond donors (Lipinski definition) is 1. The molecule has 1 N–H and O–H groups in total. The lowest BCUT2D eigenvalue weighted by molar-refractivity contribution is 0.0697. The number of fused-ring (bicyclic) bond motifs is 1. The monoisotopic (exact) mass is 447 g/mol. The van der Waals surface area contributed by atoms with Crippen LogP contribution in [-0.2, 0) is 0 Å². The lowest BCUT2D eigenvalue weighted by atomic mass is 10.2. The van der Waals surface area contributed by atoms with Gasteiger partial charge >= 0.3 is 5.97 Å². The van der Waals surface area contributed by atoms with Gasteiger partial charge in [-0.1, -0.05) is 18.2 Å². The van der Waals surface area contributed by atoms with Gasteiger partial charge in [-0.3, -0.25) is 0 Å². The maximum absolute atomic E-state index is 11.2. The average Bonchev–Trinajstić information content (AvgIpc) is 3.41. The first kappa shape index (κ1) is 19.2. The smallest absolute Gasteiger partial charge is 0.335 e. The quantitative estimate of drug-likeness (QED) is 0.391. The molecule has 0 unspecified atom stereocenters. The largest absolute Gasteiger partial charge is 0.478 e. The Kier molecular flexibility index (Phi) is 5.06. The molecule has 0 radical (unpaired) electrons. The Morgan fingerprint density at radius 1 is 1.00 bits per heavy atom. The summed E-state index contributed by atoms with van der Waals surface area (Å²) in [5, 5.41) is 21.7. The molecule has 0 aliphatic carbocycles. The van der Waals surface area contributed by atoms with Crippen LogP contribution in [0.25, 0.3) is 15.9 Å². The summed E-state index contributed by atoms with van der Waals surface area (Å²) in [6.45, 7) is 0. The minimum Gasteiger partial charge on any atom is -0.478 e. The third-order valence-corrected chi connectivity index (χ3v) is 6.31. The number of aromatic nitrogens is 5. The maximum atomic E-state index is 11.2. The molecule has 0 spiro atoms. The van der Waals surface area contributed by atoms with Crippen LogP contribution < -0.4 is 4.74 Å². The van der Waals surface area contributed by atoms with Gasteiger partial charge in [-0.25, -0.2) is 9.78 Å². The third kappa shape index (κ3) is 4.11. The van der Waals surface area contributed by atoms with Gasteiger partial charge in [-0.15, -0.1) is 16.4 Å². The molecule has 0 atom stereocenters. The van der Waals surface area contributed by atoms with E-state index < -0.39 is 5.97 Å². The number of carboxylic acid groups (broad SMARTS) is 1. The Bertz CT molecular complexity index is 1370. The zero-order valence-electron chi connectivity index (χ0n) is 15.7. The van der Waals surface area contributed by atoms with Gasteiger partial charge in [0.1, 0.15) is 11.5 Å². The number of benzene rings is 3. The SMILES string of the molecule is O=C(O)c1ccc2nc(Sc3nnnn3-c3ccc(Oc4ccccc4)cc3)sc2c1. The number of carboxylic acids is 1. The fourth-order valence-corrected chi connectivity index (χ4v) is 4.84. The van der Waals surface area contributed by atoms with Crippen LogP contribution in [0.15, 0.2) is 82.3 Å². The molecule has 2 heterocycles. The molecular formula is C21H13N5O3S2. The van der Waals surface area contributed by atoms with E-state index in [2.05, 4.69) is 20.5 Å². The van der Waals surface area contributed by atoms with E-state index in [-0.39, 0.29) is 5.56 Å². The molecule has 0 aliphatic rings. The molecule has 0 saturated carbocycles. The number of nitrogens with zero attached hydrogens (tertiary/aromatic N) is 5. The number of ether oxygens (including phenoxy) is 1. The first-order valence-electron chi connectivity index (χ1n) is 9.09. The van der Waals surface area contributed by atoms with Crippen molar-refractivity contribution in [1.29, 1.82) is 0 Å². The molecule has 0 aliphatic heterocycles. The van der Waals surface area contributed by atoms with Crippen molar-refractivity contribution >= 4 is 39.3 Å². The number of para-hydroxylation sites is 1. The number of rotatable bonds is 6. The molecule has 2 aromatic heterocycles. The Hall–Kier alpha value is -3.76. The highest BCUT2D eigenvalue weighted by atomic mass is 32.2. The lowest BCUT2D eigenvalue weighted by Gasteiger charge is -2.07. The van der Waals surface area contributed by atoms with Crippen LogP contribution in [0.5, 0.6) is 11.5 Å². The summed E-state index contributed by atoms with van der Waals surface area (Å²) < 4.78 is 8.95. The average molecular weight is 448 g/mol. The van der Waals surface area contributed by atoms with Gasteiger partial charge in [0.15, 0.2) is 4.34 Å². The second-order valence-corrected chi connectivity index (χ2v) is 8.60. The Morgan fingerprint density at radius 3 is 2.55 bits per heavy atom. The molecule has 0 saturated heterocycles. The maximum Gasteiger partial charge on any atom is 0.335 e. The van der Waals surface area contributed by atoms with Crippen molar-refractivity contribution in [3.05, 3.63) is 78.4 Å². The van der Waals surface area contributed by atoms with E-state index in [0.717, 1.165) is 26.0 Å². The number of tetrazole rings is 1. The summed E-state index contributed by atoms with van der Waals surface area (Å²) in [6, 6.07) is 21.9. The number of hydrogen-bond acceptors (Lipinski definition) is 8. The van der Waals surface area contributed by atoms with Crippen molar-refractivity contribution in [2.75, 3.05) is 0 Å². The summed E-state index contributed by atoms with van der Waals surface area (Å²) in [5.41, 5.74) is 1.75. The lowest BCUT2D eigenvalue weighted by Crippen LogP contribution is -1.98. The third-order valence-electron chi connectivity index (χ3n) is 4.30. The molecule has 5 aromatic rings. The van der Waals surface area contributed by atoms with Crippen LogP contribution in [0, 0.1) is 0 Å². The second-order valence-electron chi connectivity index (χ2n) is 6.35. The molecule has 152 valence electrons. The van der Waals surface area contributed by atoms with Crippen LogP contribution in [0.3, 0.4) is 0 Å². The van der Waals surface area contributed by atoms with E-state index in [9.17, 15) is 4.79 Å². The van der Waals surface area contributed by atoms with E-state index in [1.807, 2.05) is 54.6 Å². The fraction of sp³-hybridized carbons (Fsp3) is 0. The van der Waals surface area contributed by atoms with Gasteiger partial charge in [-0.2, -0.15) is 4.68 Å². The second kappa shape index (κ2) is 8.17. The first-order valence-corrected chi connectivity index (χ1v) is 10.7. The fourth-order valence-electron chi connectivity index (χ4n) is 2.84. The van der Waals surface area contributed by atoms with E-state index in [4.69, 9.17) is 9.84 Å². The molecule has 8 nitrogen and oxygen atoms in total. The van der Waals surface area contributed by atoms with Crippen molar-refractivity contribution in [3.8, 4) is 17.2 Å². The molecule has 10 heteroatoms. The molecule has 0 amide bonds. The highest BCUT2D eigenvalue weighted by Gasteiger charge is 2.15. The number of thiazole rings is 1. The summed E-state index contributed by atoms with van der Waals surface area (Å²) in [6.07, 6.45) is 0. The minimum absolute atomic E-state index is 0.232. The van der Waals surface area contributed by atoms with E-state index in [0.29, 0.717) is 10.9 Å². The molecule has 0 fully saturated rings. The highest BCUT2D eigenvalue weighted by molar-refractivity contribution is 8.01. The van der Waals surface area contributed by atoms with Gasteiger partial charge in [0.2, 0.25) is 5.16 Å². The van der Waals surface area contributed by atoms with Crippen LogP contribution in [0.2, 0.25) is 0 Å². The predicted octanol–water partition coefficient (Wildman–Crippen LogP) is 4.91. The van der Waals surface area contributed by atoms with Crippen molar-refractivity contribution in [1.82, 2.24) is 25.2 Å². The molecule has 31 heavy (non-hydrogen) atoms. The van der Waals surface area contributed by atoms with E-state index in [1.165, 1.54) is 23.1 Å². The summed E-state index contributed by atoms with van der Waals surface area (Å²) in [5.74, 6) is 0.501. The topological polar surface area (TPSA) is 103 Å². The standard InChI is InChI=1S/C21H13N5O3S2/c27-19(28)13-6-11-17-18(12-13)30-21(22-17)31-20-23-24-25-26(20)14-7-9-16(10-8-14)29-15-4-2-1-3-5-15/h1-12H,(H,27,28). The van der Waals surface area contributed by atoms with Crippen LogP contribution >= 0.6 is 23.1 Å². The van der Waals surface area contributed by atoms with Crippen molar-refractivity contribution in [3.63, 3.8) is 0 Å². The molecule has 5 rings (SSSR count). The van der Waals surface area contributed by atoms with Crippen LogP contribution in [0.4, 0.5) is 0 Å². The van der Waals surface area contributed by atoms with Gasteiger partial charge < -0.3 is 9.84 Å². The zero-order valence-corrected chi connectivity index (χ0v) is 17.4. The predicted molar refractivity (Wildman–Crippen MR) is 116 cm³/mol. The zero-order chi connectivity index (χ0) is 21.2. The van der Waals surface area contributed by atoms with Crippen molar-refractivity contribution in [2.45, 2.75) is 9.50 Å². The first-order chi connectivity index (χ1) is 15.2. The van der Waals surface area contributed by atoms with Gasteiger partial charge in [0, 0.05) is 0 Å². The normalized spacial score (nSPS) is 11.0. The molecular weight excluding hydrogens is 434 g/mol. The van der Waals surface area contributed by atoms with Gasteiger partial charge in [-0.05, 0) is 76.8 Å². The Morgan fingerprint density at radius 2 is 1.77 bits per heavy atom.